The third-order valence-corrected chi connectivity index (χ3v) is 3.15. The molecule has 0 saturated carbocycles. The zero-order chi connectivity index (χ0) is 15.9. The number of hydrogen-bond acceptors (Lipinski definition) is 4. The van der Waals surface area contributed by atoms with E-state index in [0.29, 0.717) is 18.0 Å². The predicted molar refractivity (Wildman–Crippen MR) is 82.2 cm³/mol. The first-order valence-electron chi connectivity index (χ1n) is 6.74. The van der Waals surface area contributed by atoms with E-state index in [4.69, 9.17) is 9.47 Å². The second-order valence-electron chi connectivity index (χ2n) is 4.57. The minimum Gasteiger partial charge on any atom is -0.493 e. The zero-order valence-corrected chi connectivity index (χ0v) is 12.5. The molecule has 1 amide bonds. The molecular weight excluding hydrogens is 282 g/mol. The van der Waals surface area contributed by atoms with Crippen LogP contribution in [0.25, 0.3) is 0 Å². The topological polar surface area (TPSA) is 64.6 Å². The van der Waals surface area contributed by atoms with Gasteiger partial charge in [-0.15, -0.1) is 0 Å². The Balaban J connectivity index is 2.06. The Morgan fingerprint density at radius 3 is 2.27 bits per heavy atom. The number of hydrogen-bond donors (Lipinski definition) is 1. The molecule has 5 heteroatoms. The van der Waals surface area contributed by atoms with Gasteiger partial charge in [0.15, 0.2) is 11.5 Å². The number of nitrogens with one attached hydrogen (secondary N) is 1. The number of rotatable bonds is 6. The first kappa shape index (κ1) is 15.6. The fraction of sp³-hybridized carbons (Fsp3) is 0.176. The maximum absolute atomic E-state index is 12.1. The van der Waals surface area contributed by atoms with Crippen LogP contribution in [-0.4, -0.2) is 25.9 Å². The summed E-state index contributed by atoms with van der Waals surface area (Å²) in [6.45, 7) is 0.304. The van der Waals surface area contributed by atoms with E-state index in [0.717, 1.165) is 5.56 Å². The molecule has 2 aromatic rings. The predicted octanol–water partition coefficient (Wildman–Crippen LogP) is 2.20. The van der Waals surface area contributed by atoms with Crippen molar-refractivity contribution in [1.29, 1.82) is 0 Å². The molecule has 0 aromatic heterocycles. The number of methoxy groups -OCH3 is 2. The monoisotopic (exact) mass is 299 g/mol. The van der Waals surface area contributed by atoms with Crippen LogP contribution in [0.5, 0.6) is 11.5 Å². The van der Waals surface area contributed by atoms with Gasteiger partial charge in [0, 0.05) is 12.1 Å². The number of ether oxygens (including phenoxy) is 2. The highest BCUT2D eigenvalue weighted by Crippen LogP contribution is 2.27. The van der Waals surface area contributed by atoms with Crippen molar-refractivity contribution in [1.82, 2.24) is 5.32 Å². The average molecular weight is 299 g/mol. The first-order chi connectivity index (χ1) is 10.7. The van der Waals surface area contributed by atoms with E-state index < -0.39 is 11.7 Å². The number of carbonyl (C=O) groups is 2. The van der Waals surface area contributed by atoms with Crippen LogP contribution < -0.4 is 14.8 Å². The minimum atomic E-state index is -0.656. The lowest BCUT2D eigenvalue weighted by Crippen LogP contribution is -2.30. The van der Waals surface area contributed by atoms with Crippen LogP contribution in [0.4, 0.5) is 0 Å². The number of ketones is 1. The van der Waals surface area contributed by atoms with E-state index in [1.807, 2.05) is 30.3 Å². The Kier molecular flexibility index (Phi) is 5.14. The minimum absolute atomic E-state index is 0.253. The molecule has 0 aliphatic rings. The van der Waals surface area contributed by atoms with Gasteiger partial charge in [-0.05, 0) is 23.8 Å². The van der Waals surface area contributed by atoms with Gasteiger partial charge in [-0.2, -0.15) is 0 Å². The van der Waals surface area contributed by atoms with Gasteiger partial charge < -0.3 is 14.8 Å². The molecule has 2 rings (SSSR count). The van der Waals surface area contributed by atoms with E-state index in [1.54, 1.807) is 6.07 Å². The van der Waals surface area contributed by atoms with Crippen LogP contribution in [0.2, 0.25) is 0 Å². The van der Waals surface area contributed by atoms with Crippen molar-refractivity contribution >= 4 is 11.7 Å². The molecule has 0 saturated heterocycles. The largest absolute Gasteiger partial charge is 0.493 e. The van der Waals surface area contributed by atoms with Crippen LogP contribution in [0, 0.1) is 0 Å². The molecule has 0 heterocycles. The van der Waals surface area contributed by atoms with E-state index >= 15 is 0 Å². The summed E-state index contributed by atoms with van der Waals surface area (Å²) >= 11 is 0. The fourth-order valence-electron chi connectivity index (χ4n) is 1.97. The molecule has 114 valence electrons. The quantitative estimate of drug-likeness (QED) is 0.656. The lowest BCUT2D eigenvalue weighted by Gasteiger charge is -2.09. The van der Waals surface area contributed by atoms with Crippen molar-refractivity contribution in [3.8, 4) is 11.5 Å². The summed E-state index contributed by atoms with van der Waals surface area (Å²) in [6, 6.07) is 14.0. The van der Waals surface area contributed by atoms with Gasteiger partial charge in [0.2, 0.25) is 5.78 Å². The summed E-state index contributed by atoms with van der Waals surface area (Å²) in [5.74, 6) is -0.360. The molecule has 0 fully saturated rings. The second kappa shape index (κ2) is 7.26. The summed E-state index contributed by atoms with van der Waals surface area (Å²) in [5.41, 5.74) is 1.18. The number of benzene rings is 2. The zero-order valence-electron chi connectivity index (χ0n) is 12.5. The summed E-state index contributed by atoms with van der Waals surface area (Å²) < 4.78 is 10.2. The summed E-state index contributed by atoms with van der Waals surface area (Å²) in [4.78, 5) is 24.1. The smallest absolute Gasteiger partial charge is 0.292 e. The third-order valence-electron chi connectivity index (χ3n) is 3.15. The van der Waals surface area contributed by atoms with Crippen molar-refractivity contribution in [2.24, 2.45) is 0 Å². The van der Waals surface area contributed by atoms with Gasteiger partial charge in [0.25, 0.3) is 5.91 Å². The van der Waals surface area contributed by atoms with Gasteiger partial charge >= 0.3 is 0 Å². The maximum atomic E-state index is 12.1. The van der Waals surface area contributed by atoms with Crippen LogP contribution in [0.15, 0.2) is 48.5 Å². The van der Waals surface area contributed by atoms with Crippen molar-refractivity contribution in [2.45, 2.75) is 6.54 Å². The highest BCUT2D eigenvalue weighted by atomic mass is 16.5. The highest BCUT2D eigenvalue weighted by molar-refractivity contribution is 6.42. The van der Waals surface area contributed by atoms with E-state index in [1.165, 1.54) is 26.4 Å². The van der Waals surface area contributed by atoms with Gasteiger partial charge in [-0.1, -0.05) is 30.3 Å². The second-order valence-corrected chi connectivity index (χ2v) is 4.57. The normalized spacial score (nSPS) is 9.91. The molecule has 22 heavy (non-hydrogen) atoms. The molecule has 0 unspecified atom stereocenters. The molecule has 2 aromatic carbocycles. The average Bonchev–Trinajstić information content (AvgIpc) is 2.59. The van der Waals surface area contributed by atoms with Crippen molar-refractivity contribution < 1.29 is 19.1 Å². The Morgan fingerprint density at radius 1 is 0.955 bits per heavy atom. The Morgan fingerprint density at radius 2 is 1.64 bits per heavy atom. The summed E-state index contributed by atoms with van der Waals surface area (Å²) in [6.07, 6.45) is 0. The Labute approximate surface area is 128 Å². The van der Waals surface area contributed by atoms with Crippen molar-refractivity contribution in [3.05, 3.63) is 59.7 Å². The molecule has 0 radical (unpaired) electrons. The number of amides is 1. The standard InChI is InChI=1S/C17H17NO4/c1-21-14-9-8-13(10-15(14)22-2)16(19)17(20)18-11-12-6-4-3-5-7-12/h3-10H,11H2,1-2H3,(H,18,20). The lowest BCUT2D eigenvalue weighted by molar-refractivity contribution is -0.117. The first-order valence-corrected chi connectivity index (χ1v) is 6.74. The van der Waals surface area contributed by atoms with E-state index in [2.05, 4.69) is 5.32 Å². The molecule has 0 spiro atoms. The molecule has 0 atom stereocenters. The van der Waals surface area contributed by atoms with Gasteiger partial charge in [0.1, 0.15) is 0 Å². The molecule has 0 aliphatic carbocycles. The Hall–Kier alpha value is -2.82. The van der Waals surface area contributed by atoms with Crippen LogP contribution in [0.1, 0.15) is 15.9 Å². The summed E-state index contributed by atoms with van der Waals surface area (Å²) in [5, 5.41) is 2.60. The van der Waals surface area contributed by atoms with Crippen LogP contribution in [0.3, 0.4) is 0 Å². The number of Topliss-reactive ketones (excluding diaryl/α,β-unsaturated/α-hetero) is 1. The van der Waals surface area contributed by atoms with Crippen molar-refractivity contribution in [2.75, 3.05) is 14.2 Å². The highest BCUT2D eigenvalue weighted by Gasteiger charge is 2.18. The summed E-state index contributed by atoms with van der Waals surface area (Å²) in [7, 11) is 2.98. The number of carbonyl (C=O) groups excluding carboxylic acids is 2. The maximum Gasteiger partial charge on any atom is 0.292 e. The Bertz CT molecular complexity index is 668. The lowest BCUT2D eigenvalue weighted by atomic mass is 10.1. The van der Waals surface area contributed by atoms with Crippen LogP contribution in [-0.2, 0) is 11.3 Å². The van der Waals surface area contributed by atoms with E-state index in [9.17, 15) is 9.59 Å². The third kappa shape index (κ3) is 3.63. The van der Waals surface area contributed by atoms with Crippen molar-refractivity contribution in [3.63, 3.8) is 0 Å². The molecule has 1 N–H and O–H groups in total. The van der Waals surface area contributed by atoms with Gasteiger partial charge in [-0.25, -0.2) is 0 Å². The molecule has 0 bridgehead atoms. The fourth-order valence-corrected chi connectivity index (χ4v) is 1.97. The molecule has 5 nitrogen and oxygen atoms in total. The SMILES string of the molecule is COc1ccc(C(=O)C(=O)NCc2ccccc2)cc1OC. The molecular formula is C17H17NO4. The van der Waals surface area contributed by atoms with E-state index in [-0.39, 0.29) is 5.56 Å². The molecule has 0 aliphatic heterocycles. The van der Waals surface area contributed by atoms with Gasteiger partial charge in [0.05, 0.1) is 14.2 Å². The van der Waals surface area contributed by atoms with Crippen LogP contribution >= 0.6 is 0 Å². The van der Waals surface area contributed by atoms with Gasteiger partial charge in [-0.3, -0.25) is 9.59 Å².